The van der Waals surface area contributed by atoms with Crippen LogP contribution in [0.1, 0.15) is 41.5 Å². The summed E-state index contributed by atoms with van der Waals surface area (Å²) < 4.78 is 14.4. The molecule has 13 heavy (non-hydrogen) atoms. The molecule has 3 N–H and O–H groups in total. The molecule has 3 nitrogen and oxygen atoms in total. The number of hydrogen-bond acceptors (Lipinski definition) is 3. The van der Waals surface area contributed by atoms with Crippen molar-refractivity contribution in [3.63, 3.8) is 0 Å². The van der Waals surface area contributed by atoms with E-state index in [4.69, 9.17) is 5.73 Å². The van der Waals surface area contributed by atoms with Crippen LogP contribution in [0.15, 0.2) is 0 Å². The lowest BCUT2D eigenvalue weighted by molar-refractivity contribution is 0.398. The average molecular weight is 206 g/mol. The summed E-state index contributed by atoms with van der Waals surface area (Å²) in [5, 5.41) is 0. The lowest BCUT2D eigenvalue weighted by Crippen LogP contribution is -2.55. The van der Waals surface area contributed by atoms with Gasteiger partial charge in [-0.2, -0.15) is 0 Å². The Bertz CT molecular complexity index is 142. The van der Waals surface area contributed by atoms with Crippen LogP contribution in [0.4, 0.5) is 0 Å². The maximum absolute atomic E-state index is 11.7. The Hall–Kier alpha value is 0.230. The first-order chi connectivity index (χ1) is 5.55. The molecule has 1 unspecified atom stereocenters. The summed E-state index contributed by atoms with van der Waals surface area (Å²) in [6, 6.07) is 0.0348. The molecule has 4 heteroatoms. The number of hydrogen-bond donors (Lipinski definition) is 2. The summed E-state index contributed by atoms with van der Waals surface area (Å²) >= 11 is -1.04. The van der Waals surface area contributed by atoms with Gasteiger partial charge < -0.3 is 10.3 Å². The molecule has 0 fully saturated rings. The maximum Gasteiger partial charge on any atom is 0.136 e. The third kappa shape index (κ3) is 4.86. The summed E-state index contributed by atoms with van der Waals surface area (Å²) in [5.74, 6) is 0. The van der Waals surface area contributed by atoms with E-state index in [1.165, 1.54) is 0 Å². The highest BCUT2D eigenvalue weighted by Crippen LogP contribution is 2.15. The first kappa shape index (κ1) is 13.2. The molecule has 0 amide bonds. The normalized spacial score (nSPS) is 18.5. The van der Waals surface area contributed by atoms with Gasteiger partial charge in [-0.05, 0) is 41.5 Å². The van der Waals surface area contributed by atoms with Gasteiger partial charge in [-0.1, -0.05) is 0 Å². The Kier molecular flexibility index (Phi) is 4.24. The molecule has 0 aromatic heterocycles. The van der Waals surface area contributed by atoms with E-state index >= 15 is 0 Å². The maximum atomic E-state index is 11.7. The lowest BCUT2D eigenvalue weighted by atomic mass is 9.99. The van der Waals surface area contributed by atoms with Crippen molar-refractivity contribution >= 4 is 11.4 Å². The minimum absolute atomic E-state index is 0.0348. The van der Waals surface area contributed by atoms with E-state index in [-0.39, 0.29) is 16.3 Å². The molecule has 0 aromatic carbocycles. The molecule has 0 saturated heterocycles. The van der Waals surface area contributed by atoms with Gasteiger partial charge in [0.2, 0.25) is 0 Å². The van der Waals surface area contributed by atoms with Crippen LogP contribution in [0.25, 0.3) is 0 Å². The van der Waals surface area contributed by atoms with Crippen molar-refractivity contribution in [3.8, 4) is 0 Å². The molecule has 0 aliphatic heterocycles. The summed E-state index contributed by atoms with van der Waals surface area (Å²) in [5.41, 5.74) is 5.53. The quantitative estimate of drug-likeness (QED) is 0.681. The minimum atomic E-state index is -1.04. The van der Waals surface area contributed by atoms with E-state index in [0.717, 1.165) is 0 Å². The van der Waals surface area contributed by atoms with Crippen LogP contribution in [-0.4, -0.2) is 20.9 Å². The lowest BCUT2D eigenvalue weighted by Gasteiger charge is -2.32. The standard InChI is InChI=1S/C9H22N2OS/c1-7(9(5,6)10)11-13(12)8(2,3)4/h7,11H,10H2,1-6H3/t7-,13?/m0/s1. The zero-order valence-corrected chi connectivity index (χ0v) is 10.3. The zero-order valence-electron chi connectivity index (χ0n) is 9.47. The van der Waals surface area contributed by atoms with Crippen molar-refractivity contribution in [2.45, 2.75) is 57.9 Å². The molecule has 80 valence electrons. The smallest absolute Gasteiger partial charge is 0.136 e. The van der Waals surface area contributed by atoms with Crippen LogP contribution in [0.2, 0.25) is 0 Å². The van der Waals surface area contributed by atoms with Gasteiger partial charge in [-0.15, -0.1) is 4.72 Å². The molecule has 0 aromatic rings. The predicted octanol–water partition coefficient (Wildman–Crippen LogP) is 1.16. The zero-order chi connectivity index (χ0) is 10.9. The summed E-state index contributed by atoms with van der Waals surface area (Å²) in [4.78, 5) is 0. The second kappa shape index (κ2) is 4.17. The molecule has 0 bridgehead atoms. The fourth-order valence-electron chi connectivity index (χ4n) is 0.489. The summed E-state index contributed by atoms with van der Waals surface area (Å²) in [6.45, 7) is 11.6. The van der Waals surface area contributed by atoms with Crippen molar-refractivity contribution in [2.75, 3.05) is 0 Å². The first-order valence-electron chi connectivity index (χ1n) is 4.52. The highest BCUT2D eigenvalue weighted by atomic mass is 32.2. The average Bonchev–Trinajstić information content (AvgIpc) is 1.82. The molecule has 0 aliphatic rings. The van der Waals surface area contributed by atoms with E-state index in [1.54, 1.807) is 0 Å². The van der Waals surface area contributed by atoms with Gasteiger partial charge in [0.15, 0.2) is 0 Å². The first-order valence-corrected chi connectivity index (χ1v) is 5.67. The van der Waals surface area contributed by atoms with E-state index in [1.807, 2.05) is 41.5 Å². The van der Waals surface area contributed by atoms with Crippen LogP contribution < -0.4 is 10.5 Å². The van der Waals surface area contributed by atoms with Gasteiger partial charge in [0.1, 0.15) is 4.75 Å². The summed E-state index contributed by atoms with van der Waals surface area (Å²) in [7, 11) is 0. The second-order valence-electron chi connectivity index (χ2n) is 5.04. The molecule has 0 spiro atoms. The Morgan fingerprint density at radius 3 is 1.85 bits per heavy atom. The largest absolute Gasteiger partial charge is 0.598 e. The Labute approximate surface area is 84.8 Å². The molecule has 0 rings (SSSR count). The van der Waals surface area contributed by atoms with E-state index in [2.05, 4.69) is 4.72 Å². The van der Waals surface area contributed by atoms with Crippen LogP contribution >= 0.6 is 0 Å². The predicted molar refractivity (Wildman–Crippen MR) is 58.8 cm³/mol. The van der Waals surface area contributed by atoms with E-state index < -0.39 is 11.4 Å². The highest BCUT2D eigenvalue weighted by Gasteiger charge is 2.31. The topological polar surface area (TPSA) is 61.1 Å². The molecule has 2 atom stereocenters. The molecule has 0 aliphatic carbocycles. The SMILES string of the molecule is C[C@H](N[S+]([O-])C(C)(C)C)C(C)(C)N. The molecular formula is C9H22N2OS. The van der Waals surface area contributed by atoms with E-state index in [9.17, 15) is 4.55 Å². The number of nitrogens with two attached hydrogens (primary N) is 1. The van der Waals surface area contributed by atoms with Gasteiger partial charge in [-0.25, -0.2) is 0 Å². The van der Waals surface area contributed by atoms with Crippen LogP contribution in [0.5, 0.6) is 0 Å². The number of rotatable bonds is 3. The van der Waals surface area contributed by atoms with Gasteiger partial charge in [-0.3, -0.25) is 0 Å². The van der Waals surface area contributed by atoms with Crippen molar-refractivity contribution in [2.24, 2.45) is 5.73 Å². The minimum Gasteiger partial charge on any atom is -0.598 e. The molecule has 0 radical (unpaired) electrons. The number of nitrogens with one attached hydrogen (secondary N) is 1. The van der Waals surface area contributed by atoms with Gasteiger partial charge in [0.25, 0.3) is 0 Å². The van der Waals surface area contributed by atoms with Crippen LogP contribution in [0, 0.1) is 0 Å². The third-order valence-corrected chi connectivity index (χ3v) is 3.64. The van der Waals surface area contributed by atoms with Gasteiger partial charge in [0.05, 0.1) is 6.04 Å². The molecular weight excluding hydrogens is 184 g/mol. The van der Waals surface area contributed by atoms with Crippen molar-refractivity contribution in [1.82, 2.24) is 4.72 Å². The van der Waals surface area contributed by atoms with Crippen LogP contribution in [0.3, 0.4) is 0 Å². The summed E-state index contributed by atoms with van der Waals surface area (Å²) in [6.07, 6.45) is 0. The van der Waals surface area contributed by atoms with Crippen molar-refractivity contribution in [1.29, 1.82) is 0 Å². The monoisotopic (exact) mass is 206 g/mol. The Morgan fingerprint density at radius 1 is 1.23 bits per heavy atom. The Morgan fingerprint density at radius 2 is 1.62 bits per heavy atom. The van der Waals surface area contributed by atoms with Crippen molar-refractivity contribution in [3.05, 3.63) is 0 Å². The third-order valence-electron chi connectivity index (χ3n) is 1.96. The fourth-order valence-corrected chi connectivity index (χ4v) is 1.47. The van der Waals surface area contributed by atoms with E-state index in [0.29, 0.717) is 0 Å². The van der Waals surface area contributed by atoms with Gasteiger partial charge >= 0.3 is 0 Å². The second-order valence-corrected chi connectivity index (χ2v) is 7.04. The van der Waals surface area contributed by atoms with Crippen LogP contribution in [-0.2, 0) is 11.4 Å². The fraction of sp³-hybridized carbons (Fsp3) is 1.00. The highest BCUT2D eigenvalue weighted by molar-refractivity contribution is 7.90. The molecule has 0 saturated carbocycles. The van der Waals surface area contributed by atoms with Crippen molar-refractivity contribution < 1.29 is 4.55 Å². The Balaban J connectivity index is 4.15. The van der Waals surface area contributed by atoms with Gasteiger partial charge in [0, 0.05) is 16.9 Å². The molecule has 0 heterocycles.